The van der Waals surface area contributed by atoms with Gasteiger partial charge in [-0.25, -0.2) is 8.42 Å². The minimum absolute atomic E-state index is 0.00762. The Balaban J connectivity index is 2.44. The number of rotatable bonds is 9. The average Bonchev–Trinajstić information content (AvgIpc) is 2.46. The van der Waals surface area contributed by atoms with Crippen LogP contribution in [0.4, 0.5) is 5.69 Å². The average molecular weight is 328 g/mol. The lowest BCUT2D eigenvalue weighted by Crippen LogP contribution is -2.25. The van der Waals surface area contributed by atoms with Crippen molar-refractivity contribution in [2.75, 3.05) is 23.6 Å². The van der Waals surface area contributed by atoms with Crippen molar-refractivity contribution in [1.82, 2.24) is 5.32 Å². The monoisotopic (exact) mass is 328 g/mol. The van der Waals surface area contributed by atoms with Gasteiger partial charge in [-0.05, 0) is 51.5 Å². The molecule has 7 heteroatoms. The maximum atomic E-state index is 11.9. The van der Waals surface area contributed by atoms with Gasteiger partial charge in [-0.2, -0.15) is 0 Å². The van der Waals surface area contributed by atoms with E-state index in [1.165, 1.54) is 0 Å². The van der Waals surface area contributed by atoms with Crippen molar-refractivity contribution in [3.05, 3.63) is 29.8 Å². The standard InChI is InChI=1S/C15H24N2O4S/c1-4-22(19,20)17-14-8-6-13(7-9-14)15(18)16-10-5-11-21-12(2)3/h6-9,12,17H,4-5,10-11H2,1-3H3,(H,16,18). The summed E-state index contributed by atoms with van der Waals surface area (Å²) in [4.78, 5) is 11.9. The smallest absolute Gasteiger partial charge is 0.251 e. The molecule has 0 saturated carbocycles. The Morgan fingerprint density at radius 1 is 1.23 bits per heavy atom. The maximum Gasteiger partial charge on any atom is 0.251 e. The van der Waals surface area contributed by atoms with E-state index in [9.17, 15) is 13.2 Å². The molecule has 124 valence electrons. The first-order chi connectivity index (χ1) is 10.3. The molecule has 0 unspecified atom stereocenters. The van der Waals surface area contributed by atoms with Crippen LogP contribution >= 0.6 is 0 Å². The van der Waals surface area contributed by atoms with Gasteiger partial charge in [0.05, 0.1) is 11.9 Å². The molecule has 1 aromatic rings. The summed E-state index contributed by atoms with van der Waals surface area (Å²) >= 11 is 0. The number of ether oxygens (including phenoxy) is 1. The molecule has 0 spiro atoms. The zero-order valence-corrected chi connectivity index (χ0v) is 14.1. The molecular formula is C15H24N2O4S. The van der Waals surface area contributed by atoms with Crippen molar-refractivity contribution in [2.24, 2.45) is 0 Å². The molecule has 0 heterocycles. The van der Waals surface area contributed by atoms with E-state index in [0.29, 0.717) is 24.4 Å². The van der Waals surface area contributed by atoms with E-state index in [1.807, 2.05) is 13.8 Å². The van der Waals surface area contributed by atoms with E-state index in [2.05, 4.69) is 10.0 Å². The zero-order valence-electron chi connectivity index (χ0n) is 13.3. The van der Waals surface area contributed by atoms with E-state index in [4.69, 9.17) is 4.74 Å². The van der Waals surface area contributed by atoms with Gasteiger partial charge in [0.15, 0.2) is 0 Å². The summed E-state index contributed by atoms with van der Waals surface area (Å²) in [5.41, 5.74) is 0.938. The summed E-state index contributed by atoms with van der Waals surface area (Å²) in [6, 6.07) is 6.33. The van der Waals surface area contributed by atoms with Crippen LogP contribution in [0.3, 0.4) is 0 Å². The Morgan fingerprint density at radius 2 is 1.86 bits per heavy atom. The van der Waals surface area contributed by atoms with Crippen LogP contribution in [0.25, 0.3) is 0 Å². The summed E-state index contributed by atoms with van der Waals surface area (Å²) in [6.07, 6.45) is 0.938. The first-order valence-corrected chi connectivity index (χ1v) is 8.99. The minimum Gasteiger partial charge on any atom is -0.379 e. The van der Waals surface area contributed by atoms with E-state index in [0.717, 1.165) is 6.42 Å². The Hall–Kier alpha value is -1.60. The van der Waals surface area contributed by atoms with Crippen molar-refractivity contribution >= 4 is 21.6 Å². The highest BCUT2D eigenvalue weighted by Crippen LogP contribution is 2.11. The second-order valence-electron chi connectivity index (χ2n) is 5.11. The van der Waals surface area contributed by atoms with Gasteiger partial charge >= 0.3 is 0 Å². The van der Waals surface area contributed by atoms with Gasteiger partial charge in [0.1, 0.15) is 0 Å². The predicted molar refractivity (Wildman–Crippen MR) is 87.6 cm³/mol. The molecular weight excluding hydrogens is 304 g/mol. The Labute approximate surface area is 132 Å². The van der Waals surface area contributed by atoms with Gasteiger partial charge in [-0.3, -0.25) is 9.52 Å². The number of benzene rings is 1. The van der Waals surface area contributed by atoms with Crippen molar-refractivity contribution < 1.29 is 17.9 Å². The molecule has 0 aliphatic rings. The number of nitrogens with one attached hydrogen (secondary N) is 2. The van der Waals surface area contributed by atoms with Crippen molar-refractivity contribution in [3.63, 3.8) is 0 Å². The second-order valence-corrected chi connectivity index (χ2v) is 7.12. The van der Waals surface area contributed by atoms with Crippen LogP contribution in [-0.2, 0) is 14.8 Å². The zero-order chi connectivity index (χ0) is 16.6. The normalized spacial score (nSPS) is 11.5. The molecule has 1 amide bonds. The van der Waals surface area contributed by atoms with E-state index in [1.54, 1.807) is 31.2 Å². The molecule has 0 bridgehead atoms. The van der Waals surface area contributed by atoms with Crippen molar-refractivity contribution in [3.8, 4) is 0 Å². The summed E-state index contributed by atoms with van der Waals surface area (Å²) in [5, 5.41) is 2.79. The number of hydrogen-bond acceptors (Lipinski definition) is 4. The van der Waals surface area contributed by atoms with Gasteiger partial charge in [-0.1, -0.05) is 0 Å². The fourth-order valence-corrected chi connectivity index (χ4v) is 2.28. The molecule has 22 heavy (non-hydrogen) atoms. The molecule has 1 rings (SSSR count). The number of amides is 1. The quantitative estimate of drug-likeness (QED) is 0.679. The molecule has 2 N–H and O–H groups in total. The van der Waals surface area contributed by atoms with Crippen LogP contribution in [0.15, 0.2) is 24.3 Å². The van der Waals surface area contributed by atoms with E-state index < -0.39 is 10.0 Å². The first kappa shape index (κ1) is 18.4. The second kappa shape index (κ2) is 8.75. The molecule has 1 aromatic carbocycles. The fraction of sp³-hybridized carbons (Fsp3) is 0.533. The lowest BCUT2D eigenvalue weighted by atomic mass is 10.2. The molecule has 0 atom stereocenters. The fourth-order valence-electron chi connectivity index (χ4n) is 1.64. The molecule has 0 radical (unpaired) electrons. The third kappa shape index (κ3) is 6.91. The predicted octanol–water partition coefficient (Wildman–Crippen LogP) is 1.99. The van der Waals surface area contributed by atoms with Gasteiger partial charge in [0.25, 0.3) is 5.91 Å². The van der Waals surface area contributed by atoms with E-state index in [-0.39, 0.29) is 17.8 Å². The molecule has 0 fully saturated rings. The number of hydrogen-bond donors (Lipinski definition) is 2. The lowest BCUT2D eigenvalue weighted by Gasteiger charge is -2.09. The Morgan fingerprint density at radius 3 is 2.41 bits per heavy atom. The van der Waals surface area contributed by atoms with Crippen LogP contribution in [0.2, 0.25) is 0 Å². The highest BCUT2D eigenvalue weighted by atomic mass is 32.2. The van der Waals surface area contributed by atoms with E-state index >= 15 is 0 Å². The van der Waals surface area contributed by atoms with Crippen LogP contribution < -0.4 is 10.0 Å². The minimum atomic E-state index is -3.30. The summed E-state index contributed by atoms with van der Waals surface area (Å²) < 4.78 is 30.7. The number of carbonyl (C=O) groups excluding carboxylic acids is 1. The molecule has 0 aliphatic carbocycles. The topological polar surface area (TPSA) is 84.5 Å². The third-order valence-corrected chi connectivity index (χ3v) is 4.17. The van der Waals surface area contributed by atoms with Crippen LogP contribution in [0.1, 0.15) is 37.6 Å². The largest absolute Gasteiger partial charge is 0.379 e. The summed E-state index contributed by atoms with van der Waals surface area (Å²) in [6.45, 7) is 6.64. The molecule has 0 saturated heterocycles. The van der Waals surface area contributed by atoms with Gasteiger partial charge < -0.3 is 10.1 Å². The lowest BCUT2D eigenvalue weighted by molar-refractivity contribution is 0.0757. The summed E-state index contributed by atoms with van der Waals surface area (Å²) in [5.74, 6) is -0.178. The Kier molecular flexibility index (Phi) is 7.34. The maximum absolute atomic E-state index is 11.9. The first-order valence-electron chi connectivity index (χ1n) is 7.34. The van der Waals surface area contributed by atoms with Gasteiger partial charge in [-0.15, -0.1) is 0 Å². The Bertz CT molecular complexity index is 568. The highest BCUT2D eigenvalue weighted by molar-refractivity contribution is 7.92. The number of sulfonamides is 1. The van der Waals surface area contributed by atoms with Crippen molar-refractivity contribution in [2.45, 2.75) is 33.3 Å². The number of anilines is 1. The number of carbonyl (C=O) groups is 1. The van der Waals surface area contributed by atoms with Crippen molar-refractivity contribution in [1.29, 1.82) is 0 Å². The van der Waals surface area contributed by atoms with Gasteiger partial charge in [0, 0.05) is 24.4 Å². The molecule has 0 aromatic heterocycles. The van der Waals surface area contributed by atoms with Crippen LogP contribution in [-0.4, -0.2) is 39.3 Å². The SMILES string of the molecule is CCS(=O)(=O)Nc1ccc(C(=O)NCCCOC(C)C)cc1. The highest BCUT2D eigenvalue weighted by Gasteiger charge is 2.08. The van der Waals surface area contributed by atoms with Crippen LogP contribution in [0.5, 0.6) is 0 Å². The third-order valence-electron chi connectivity index (χ3n) is 2.86. The molecule has 6 nitrogen and oxygen atoms in total. The van der Waals surface area contributed by atoms with Crippen LogP contribution in [0, 0.1) is 0 Å². The summed E-state index contributed by atoms with van der Waals surface area (Å²) in [7, 11) is -3.30. The molecule has 0 aliphatic heterocycles. The van der Waals surface area contributed by atoms with Gasteiger partial charge in [0.2, 0.25) is 10.0 Å².